The number of anilines is 1. The largest absolute Gasteiger partial charge is 0.495 e. The smallest absolute Gasteiger partial charge is 0.257 e. The number of methoxy groups -OCH3 is 1. The minimum absolute atomic E-state index is 0.176. The molecule has 0 saturated carbocycles. The highest BCUT2D eigenvalue weighted by molar-refractivity contribution is 5.48. The van der Waals surface area contributed by atoms with Gasteiger partial charge in [-0.3, -0.25) is 9.36 Å². The Balaban J connectivity index is 2.63. The summed E-state index contributed by atoms with van der Waals surface area (Å²) in [5.41, 5.74) is 6.51. The zero-order chi connectivity index (χ0) is 11.5. The lowest BCUT2D eigenvalue weighted by Gasteiger charge is -2.10. The maximum absolute atomic E-state index is 11.7. The Bertz CT molecular complexity index is 561. The van der Waals surface area contributed by atoms with Crippen molar-refractivity contribution in [2.45, 2.75) is 0 Å². The maximum Gasteiger partial charge on any atom is 0.257 e. The van der Waals surface area contributed by atoms with Crippen LogP contribution in [0.25, 0.3) is 5.69 Å². The fourth-order valence-corrected chi connectivity index (χ4v) is 1.52. The summed E-state index contributed by atoms with van der Waals surface area (Å²) in [7, 11) is 1.57. The zero-order valence-electron chi connectivity index (χ0n) is 8.88. The van der Waals surface area contributed by atoms with Gasteiger partial charge in [0.1, 0.15) is 5.75 Å². The maximum atomic E-state index is 11.7. The molecule has 2 rings (SSSR count). The van der Waals surface area contributed by atoms with E-state index in [1.54, 1.807) is 25.4 Å². The normalized spacial score (nSPS) is 10.1. The van der Waals surface area contributed by atoms with E-state index in [1.165, 1.54) is 10.6 Å². The molecule has 0 spiro atoms. The number of nitrogens with zero attached hydrogens (tertiary/aromatic N) is 1. The topological polar surface area (TPSA) is 57.2 Å². The van der Waals surface area contributed by atoms with E-state index in [-0.39, 0.29) is 5.56 Å². The van der Waals surface area contributed by atoms with Crippen molar-refractivity contribution in [3.8, 4) is 11.4 Å². The van der Waals surface area contributed by atoms with Crippen molar-refractivity contribution in [1.29, 1.82) is 0 Å². The number of ether oxygens (including phenoxy) is 1. The molecule has 0 atom stereocenters. The van der Waals surface area contributed by atoms with Crippen molar-refractivity contribution in [2.75, 3.05) is 12.8 Å². The van der Waals surface area contributed by atoms with Gasteiger partial charge in [-0.15, -0.1) is 0 Å². The van der Waals surface area contributed by atoms with E-state index in [4.69, 9.17) is 10.5 Å². The molecule has 0 fully saturated rings. The van der Waals surface area contributed by atoms with Crippen LogP contribution >= 0.6 is 0 Å². The van der Waals surface area contributed by atoms with Crippen molar-refractivity contribution in [1.82, 2.24) is 4.57 Å². The van der Waals surface area contributed by atoms with Gasteiger partial charge in [-0.2, -0.15) is 0 Å². The molecule has 4 nitrogen and oxygen atoms in total. The lowest BCUT2D eigenvalue weighted by molar-refractivity contribution is 0.412. The second-order valence-corrected chi connectivity index (χ2v) is 3.34. The number of para-hydroxylation sites is 2. The molecule has 0 unspecified atom stereocenters. The molecule has 0 aliphatic rings. The molecule has 1 aromatic heterocycles. The van der Waals surface area contributed by atoms with Crippen molar-refractivity contribution in [2.24, 2.45) is 0 Å². The molecule has 1 aromatic carbocycles. The van der Waals surface area contributed by atoms with Crippen LogP contribution in [-0.4, -0.2) is 11.7 Å². The second kappa shape index (κ2) is 4.10. The van der Waals surface area contributed by atoms with Crippen LogP contribution in [0.2, 0.25) is 0 Å². The quantitative estimate of drug-likeness (QED) is 0.826. The van der Waals surface area contributed by atoms with Crippen molar-refractivity contribution >= 4 is 5.69 Å². The first kappa shape index (κ1) is 10.3. The number of nitrogen functional groups attached to an aromatic ring is 1. The first-order valence-corrected chi connectivity index (χ1v) is 4.84. The van der Waals surface area contributed by atoms with Crippen LogP contribution in [0.15, 0.2) is 47.4 Å². The van der Waals surface area contributed by atoms with Gasteiger partial charge >= 0.3 is 0 Å². The molecule has 16 heavy (non-hydrogen) atoms. The standard InChI is InChI=1S/C12H12N2O2/c1-16-11-5-3-2-4-10(11)14-7-6-9(13)8-12(14)15/h2-8H,13H2,1H3. The van der Waals surface area contributed by atoms with E-state index in [2.05, 4.69) is 0 Å². The summed E-state index contributed by atoms with van der Waals surface area (Å²) < 4.78 is 6.69. The number of nitrogens with two attached hydrogens (primary N) is 1. The first-order valence-electron chi connectivity index (χ1n) is 4.84. The predicted octanol–water partition coefficient (Wildman–Crippen LogP) is 1.43. The minimum Gasteiger partial charge on any atom is -0.495 e. The summed E-state index contributed by atoms with van der Waals surface area (Å²) in [4.78, 5) is 11.7. The summed E-state index contributed by atoms with van der Waals surface area (Å²) in [6.07, 6.45) is 1.63. The number of pyridine rings is 1. The van der Waals surface area contributed by atoms with Gasteiger partial charge in [0.15, 0.2) is 0 Å². The van der Waals surface area contributed by atoms with Gasteiger partial charge < -0.3 is 10.5 Å². The SMILES string of the molecule is COc1ccccc1-n1ccc(N)cc1=O. The molecule has 0 aliphatic carbocycles. The van der Waals surface area contributed by atoms with Crippen molar-refractivity contribution < 1.29 is 4.74 Å². The van der Waals surface area contributed by atoms with E-state index < -0.39 is 0 Å². The van der Waals surface area contributed by atoms with Crippen LogP contribution < -0.4 is 16.0 Å². The summed E-state index contributed by atoms with van der Waals surface area (Å²) in [5.74, 6) is 0.648. The monoisotopic (exact) mass is 216 g/mol. The van der Waals surface area contributed by atoms with Gasteiger partial charge in [0.2, 0.25) is 0 Å². The number of hydrogen-bond acceptors (Lipinski definition) is 3. The number of benzene rings is 1. The highest BCUT2D eigenvalue weighted by atomic mass is 16.5. The molecule has 0 amide bonds. The fourth-order valence-electron chi connectivity index (χ4n) is 1.52. The van der Waals surface area contributed by atoms with Crippen LogP contribution in [0.5, 0.6) is 5.75 Å². The van der Waals surface area contributed by atoms with E-state index in [0.29, 0.717) is 17.1 Å². The lowest BCUT2D eigenvalue weighted by atomic mass is 10.2. The summed E-state index contributed by atoms with van der Waals surface area (Å²) in [6.45, 7) is 0. The third kappa shape index (κ3) is 1.77. The fraction of sp³-hybridized carbons (Fsp3) is 0.0833. The molecule has 4 heteroatoms. The van der Waals surface area contributed by atoms with E-state index in [1.807, 2.05) is 18.2 Å². The second-order valence-electron chi connectivity index (χ2n) is 3.34. The van der Waals surface area contributed by atoms with Gasteiger partial charge in [0.25, 0.3) is 5.56 Å². The number of hydrogen-bond donors (Lipinski definition) is 1. The van der Waals surface area contributed by atoms with E-state index in [0.717, 1.165) is 0 Å². The average Bonchev–Trinajstić information content (AvgIpc) is 2.29. The Morgan fingerprint density at radius 3 is 2.69 bits per heavy atom. The molecule has 0 radical (unpaired) electrons. The summed E-state index contributed by atoms with van der Waals surface area (Å²) in [5, 5.41) is 0. The Hall–Kier alpha value is -2.23. The van der Waals surface area contributed by atoms with Crippen LogP contribution in [0, 0.1) is 0 Å². The molecule has 2 N–H and O–H groups in total. The zero-order valence-corrected chi connectivity index (χ0v) is 8.88. The Morgan fingerprint density at radius 2 is 2.00 bits per heavy atom. The number of rotatable bonds is 2. The third-order valence-corrected chi connectivity index (χ3v) is 2.29. The van der Waals surface area contributed by atoms with Gasteiger partial charge in [0, 0.05) is 18.0 Å². The van der Waals surface area contributed by atoms with Crippen molar-refractivity contribution in [3.63, 3.8) is 0 Å². The Kier molecular flexibility index (Phi) is 2.64. The van der Waals surface area contributed by atoms with Crippen LogP contribution in [0.3, 0.4) is 0 Å². The molecular weight excluding hydrogens is 204 g/mol. The van der Waals surface area contributed by atoms with E-state index in [9.17, 15) is 4.79 Å². The van der Waals surface area contributed by atoms with Gasteiger partial charge in [0.05, 0.1) is 12.8 Å². The molecule has 0 aliphatic heterocycles. The van der Waals surface area contributed by atoms with E-state index >= 15 is 0 Å². The molecule has 0 saturated heterocycles. The Morgan fingerprint density at radius 1 is 1.25 bits per heavy atom. The van der Waals surface area contributed by atoms with Crippen LogP contribution in [0.4, 0.5) is 5.69 Å². The average molecular weight is 216 g/mol. The highest BCUT2D eigenvalue weighted by Crippen LogP contribution is 2.20. The van der Waals surface area contributed by atoms with Crippen LogP contribution in [-0.2, 0) is 0 Å². The van der Waals surface area contributed by atoms with Gasteiger partial charge in [-0.1, -0.05) is 12.1 Å². The Labute approximate surface area is 92.9 Å². The van der Waals surface area contributed by atoms with Gasteiger partial charge in [-0.25, -0.2) is 0 Å². The van der Waals surface area contributed by atoms with Crippen molar-refractivity contribution in [3.05, 3.63) is 52.9 Å². The molecular formula is C12H12N2O2. The molecule has 1 heterocycles. The lowest BCUT2D eigenvalue weighted by Crippen LogP contribution is -2.17. The highest BCUT2D eigenvalue weighted by Gasteiger charge is 2.05. The molecule has 0 bridgehead atoms. The minimum atomic E-state index is -0.176. The molecule has 82 valence electrons. The van der Waals surface area contributed by atoms with Crippen LogP contribution in [0.1, 0.15) is 0 Å². The number of aromatic nitrogens is 1. The molecule has 2 aromatic rings. The summed E-state index contributed by atoms with van der Waals surface area (Å²) >= 11 is 0. The third-order valence-electron chi connectivity index (χ3n) is 2.29. The van der Waals surface area contributed by atoms with Gasteiger partial charge in [-0.05, 0) is 18.2 Å². The predicted molar refractivity (Wildman–Crippen MR) is 63.0 cm³/mol. The first-order chi connectivity index (χ1) is 7.72. The summed E-state index contributed by atoms with van der Waals surface area (Å²) in [6, 6.07) is 10.4.